The van der Waals surface area contributed by atoms with Crippen molar-refractivity contribution in [3.8, 4) is 0 Å². The van der Waals surface area contributed by atoms with Gasteiger partial charge in [0.15, 0.2) is 0 Å². The summed E-state index contributed by atoms with van der Waals surface area (Å²) in [7, 11) is 0. The van der Waals surface area contributed by atoms with Crippen LogP contribution in [0.4, 0.5) is 0 Å². The zero-order valence-corrected chi connectivity index (χ0v) is 13.1. The molecule has 1 aliphatic heterocycles. The topological polar surface area (TPSA) is 29.5 Å². The van der Waals surface area contributed by atoms with Gasteiger partial charge in [-0.1, -0.05) is 22.9 Å². The minimum atomic E-state index is 0.107. The number of alkyl halides is 1. The zero-order valence-electron chi connectivity index (χ0n) is 10.7. The van der Waals surface area contributed by atoms with Crippen molar-refractivity contribution in [2.45, 2.75) is 32.4 Å². The van der Waals surface area contributed by atoms with E-state index in [0.717, 1.165) is 16.6 Å². The highest BCUT2D eigenvalue weighted by molar-refractivity contribution is 9.09. The van der Waals surface area contributed by atoms with Gasteiger partial charge in [-0.2, -0.15) is 0 Å². The first-order valence-electron chi connectivity index (χ1n) is 6.23. The van der Waals surface area contributed by atoms with E-state index in [2.05, 4.69) is 22.9 Å². The van der Waals surface area contributed by atoms with E-state index in [1.165, 1.54) is 4.88 Å². The Bertz CT molecular complexity index is 421. The van der Waals surface area contributed by atoms with Gasteiger partial charge < -0.3 is 9.64 Å². The number of carbonyl (C=O) groups excluding carboxylic acids is 1. The quantitative estimate of drug-likeness (QED) is 0.797. The first kappa shape index (κ1) is 14.0. The van der Waals surface area contributed by atoms with Crippen LogP contribution in [0.15, 0.2) is 12.1 Å². The van der Waals surface area contributed by atoms with Crippen molar-refractivity contribution >= 4 is 33.2 Å². The summed E-state index contributed by atoms with van der Waals surface area (Å²) < 4.78 is 5.64. The molecule has 0 saturated carbocycles. The zero-order chi connectivity index (χ0) is 13.1. The Morgan fingerprint density at radius 3 is 3.00 bits per heavy atom. The SMILES string of the molecule is CCc1ccc(C(=O)N2CC(CBr)OCC2C)s1. The molecule has 1 amide bonds. The van der Waals surface area contributed by atoms with Gasteiger partial charge in [0.2, 0.25) is 0 Å². The number of rotatable bonds is 3. The van der Waals surface area contributed by atoms with Crippen molar-refractivity contribution in [3.63, 3.8) is 0 Å². The Kier molecular flexibility index (Phi) is 4.81. The van der Waals surface area contributed by atoms with E-state index in [1.54, 1.807) is 11.3 Å². The number of hydrogen-bond acceptors (Lipinski definition) is 3. The normalized spacial score (nSPS) is 24.3. The third-order valence-corrected chi connectivity index (χ3v) is 5.10. The van der Waals surface area contributed by atoms with Crippen molar-refractivity contribution < 1.29 is 9.53 Å². The summed E-state index contributed by atoms with van der Waals surface area (Å²) in [5.41, 5.74) is 0. The van der Waals surface area contributed by atoms with Crippen LogP contribution in [0.5, 0.6) is 0 Å². The van der Waals surface area contributed by atoms with E-state index >= 15 is 0 Å². The number of thiophene rings is 1. The van der Waals surface area contributed by atoms with Crippen LogP contribution in [0.3, 0.4) is 0 Å². The molecule has 100 valence electrons. The molecule has 2 heterocycles. The molecular weight excluding hydrogens is 314 g/mol. The Morgan fingerprint density at radius 2 is 2.39 bits per heavy atom. The van der Waals surface area contributed by atoms with Crippen LogP contribution in [-0.2, 0) is 11.2 Å². The second-order valence-electron chi connectivity index (χ2n) is 4.54. The van der Waals surface area contributed by atoms with Gasteiger partial charge in [0.25, 0.3) is 5.91 Å². The fraction of sp³-hybridized carbons (Fsp3) is 0.615. The van der Waals surface area contributed by atoms with Crippen LogP contribution in [0.25, 0.3) is 0 Å². The third-order valence-electron chi connectivity index (χ3n) is 3.16. The number of hydrogen-bond donors (Lipinski definition) is 0. The largest absolute Gasteiger partial charge is 0.373 e. The van der Waals surface area contributed by atoms with Crippen LogP contribution in [0, 0.1) is 0 Å². The van der Waals surface area contributed by atoms with Crippen LogP contribution in [-0.4, -0.2) is 41.4 Å². The Hall–Kier alpha value is -0.390. The monoisotopic (exact) mass is 331 g/mol. The summed E-state index contributed by atoms with van der Waals surface area (Å²) in [6.07, 6.45) is 1.09. The molecule has 1 saturated heterocycles. The first-order valence-corrected chi connectivity index (χ1v) is 8.16. The van der Waals surface area contributed by atoms with E-state index in [4.69, 9.17) is 4.74 Å². The average Bonchev–Trinajstić information content (AvgIpc) is 2.87. The molecule has 1 aliphatic rings. The van der Waals surface area contributed by atoms with Gasteiger partial charge in [0, 0.05) is 16.8 Å². The molecule has 1 fully saturated rings. The Morgan fingerprint density at radius 1 is 1.61 bits per heavy atom. The molecule has 0 radical (unpaired) electrons. The molecule has 1 aromatic heterocycles. The lowest BCUT2D eigenvalue weighted by Crippen LogP contribution is -2.51. The van der Waals surface area contributed by atoms with Gasteiger partial charge in [-0.15, -0.1) is 11.3 Å². The van der Waals surface area contributed by atoms with Crippen molar-refractivity contribution in [3.05, 3.63) is 21.9 Å². The third kappa shape index (κ3) is 2.95. The van der Waals surface area contributed by atoms with Crippen LogP contribution in [0.2, 0.25) is 0 Å². The summed E-state index contributed by atoms with van der Waals surface area (Å²) in [6.45, 7) is 5.44. The highest BCUT2D eigenvalue weighted by Crippen LogP contribution is 2.22. The van der Waals surface area contributed by atoms with E-state index in [0.29, 0.717) is 13.2 Å². The van der Waals surface area contributed by atoms with E-state index in [9.17, 15) is 4.79 Å². The number of amides is 1. The number of carbonyl (C=O) groups is 1. The molecule has 0 spiro atoms. The lowest BCUT2D eigenvalue weighted by molar-refractivity contribution is -0.0359. The van der Waals surface area contributed by atoms with Gasteiger partial charge in [0.1, 0.15) is 0 Å². The van der Waals surface area contributed by atoms with E-state index in [-0.39, 0.29) is 18.1 Å². The van der Waals surface area contributed by atoms with Crippen molar-refractivity contribution in [2.24, 2.45) is 0 Å². The molecule has 5 heteroatoms. The molecule has 18 heavy (non-hydrogen) atoms. The number of halogens is 1. The summed E-state index contributed by atoms with van der Waals surface area (Å²) in [6, 6.07) is 4.14. The molecule has 2 rings (SSSR count). The van der Waals surface area contributed by atoms with Gasteiger partial charge in [-0.05, 0) is 25.5 Å². The van der Waals surface area contributed by atoms with Crippen LogP contribution >= 0.6 is 27.3 Å². The molecule has 2 atom stereocenters. The first-order chi connectivity index (χ1) is 8.65. The molecule has 0 N–H and O–H groups in total. The molecule has 0 aliphatic carbocycles. The Labute approximate surface area is 120 Å². The number of aryl methyl sites for hydroxylation is 1. The number of nitrogens with zero attached hydrogens (tertiary/aromatic N) is 1. The molecule has 0 aromatic carbocycles. The standard InChI is InChI=1S/C13H18BrNO2S/c1-3-11-4-5-12(18-11)13(16)15-7-10(6-14)17-8-9(15)2/h4-5,9-10H,3,6-8H2,1-2H3. The van der Waals surface area contributed by atoms with Crippen LogP contribution < -0.4 is 0 Å². The summed E-state index contributed by atoms with van der Waals surface area (Å²) in [4.78, 5) is 16.5. The number of morpholine rings is 1. The summed E-state index contributed by atoms with van der Waals surface area (Å²) >= 11 is 5.02. The molecule has 0 bridgehead atoms. The van der Waals surface area contributed by atoms with E-state index in [1.807, 2.05) is 24.0 Å². The van der Waals surface area contributed by atoms with Crippen molar-refractivity contribution in [2.75, 3.05) is 18.5 Å². The smallest absolute Gasteiger partial charge is 0.264 e. The van der Waals surface area contributed by atoms with Gasteiger partial charge in [0.05, 0.1) is 23.6 Å². The molecule has 2 unspecified atom stereocenters. The van der Waals surface area contributed by atoms with Crippen molar-refractivity contribution in [1.82, 2.24) is 4.90 Å². The average molecular weight is 332 g/mol. The minimum Gasteiger partial charge on any atom is -0.373 e. The van der Waals surface area contributed by atoms with E-state index < -0.39 is 0 Å². The maximum absolute atomic E-state index is 12.5. The van der Waals surface area contributed by atoms with Gasteiger partial charge >= 0.3 is 0 Å². The predicted octanol–water partition coefficient (Wildman–Crippen LogP) is 2.93. The summed E-state index contributed by atoms with van der Waals surface area (Å²) in [5, 5.41) is 0.772. The molecule has 3 nitrogen and oxygen atoms in total. The Balaban J connectivity index is 2.11. The molecular formula is C13H18BrNO2S. The van der Waals surface area contributed by atoms with Crippen molar-refractivity contribution in [1.29, 1.82) is 0 Å². The maximum Gasteiger partial charge on any atom is 0.264 e. The fourth-order valence-electron chi connectivity index (χ4n) is 2.02. The fourth-order valence-corrected chi connectivity index (χ4v) is 3.31. The lowest BCUT2D eigenvalue weighted by Gasteiger charge is -2.37. The van der Waals surface area contributed by atoms with Crippen LogP contribution in [0.1, 0.15) is 28.4 Å². The summed E-state index contributed by atoms with van der Waals surface area (Å²) in [5.74, 6) is 0.140. The highest BCUT2D eigenvalue weighted by Gasteiger charge is 2.30. The van der Waals surface area contributed by atoms with Gasteiger partial charge in [-0.25, -0.2) is 0 Å². The maximum atomic E-state index is 12.5. The predicted molar refractivity (Wildman–Crippen MR) is 77.7 cm³/mol. The highest BCUT2D eigenvalue weighted by atomic mass is 79.9. The second kappa shape index (κ2) is 6.17. The molecule has 1 aromatic rings. The minimum absolute atomic E-state index is 0.107. The number of ether oxygens (including phenoxy) is 1. The second-order valence-corrected chi connectivity index (χ2v) is 6.35. The lowest BCUT2D eigenvalue weighted by atomic mass is 10.2. The van der Waals surface area contributed by atoms with Gasteiger partial charge in [-0.3, -0.25) is 4.79 Å².